The largest absolute Gasteiger partial charge is 0.508 e. The minimum absolute atomic E-state index is 0.0109. The number of hydrogen-bond donors (Lipinski definition) is 1. The first-order chi connectivity index (χ1) is 7.84. The van der Waals surface area contributed by atoms with Gasteiger partial charge in [-0.3, -0.25) is 0 Å². The van der Waals surface area contributed by atoms with Crippen LogP contribution in [0.3, 0.4) is 0 Å². The van der Waals surface area contributed by atoms with Crippen molar-refractivity contribution < 1.29 is 9.84 Å². The van der Waals surface area contributed by atoms with Gasteiger partial charge in [-0.2, -0.15) is 0 Å². The number of aromatic hydroxyl groups is 1. The van der Waals surface area contributed by atoms with Crippen LogP contribution in [-0.4, -0.2) is 5.11 Å². The number of benzene rings is 2. The molecule has 0 saturated carbocycles. The molecule has 1 aliphatic rings. The number of ether oxygens (including phenoxy) is 1. The average molecular weight is 212 g/mol. The summed E-state index contributed by atoms with van der Waals surface area (Å²) in [4.78, 5) is 0. The average Bonchev–Trinajstić information content (AvgIpc) is 2.73. The van der Waals surface area contributed by atoms with E-state index < -0.39 is 0 Å². The lowest BCUT2D eigenvalue weighted by Crippen LogP contribution is -1.97. The molecule has 1 N–H and O–H groups in total. The smallest absolute Gasteiger partial charge is 0.115 e. The van der Waals surface area contributed by atoms with Gasteiger partial charge in [-0.05, 0) is 28.8 Å². The second-order valence-electron chi connectivity index (χ2n) is 3.98. The monoisotopic (exact) mass is 212 g/mol. The summed E-state index contributed by atoms with van der Waals surface area (Å²) >= 11 is 0. The fourth-order valence-corrected chi connectivity index (χ4v) is 2.14. The minimum Gasteiger partial charge on any atom is -0.508 e. The van der Waals surface area contributed by atoms with Gasteiger partial charge in [-0.15, -0.1) is 0 Å². The van der Waals surface area contributed by atoms with Crippen LogP contribution < -0.4 is 0 Å². The van der Waals surface area contributed by atoms with Crippen LogP contribution in [0.1, 0.15) is 22.8 Å². The van der Waals surface area contributed by atoms with Crippen LogP contribution in [0.15, 0.2) is 48.5 Å². The van der Waals surface area contributed by atoms with Crippen molar-refractivity contribution in [2.45, 2.75) is 12.7 Å². The molecular weight excluding hydrogens is 200 g/mol. The summed E-state index contributed by atoms with van der Waals surface area (Å²) in [7, 11) is 0. The molecule has 0 fully saturated rings. The quantitative estimate of drug-likeness (QED) is 0.787. The highest BCUT2D eigenvalue weighted by Gasteiger charge is 2.24. The van der Waals surface area contributed by atoms with E-state index in [0.717, 1.165) is 16.7 Å². The third-order valence-electron chi connectivity index (χ3n) is 2.92. The molecule has 1 heterocycles. The molecule has 0 bridgehead atoms. The molecule has 3 rings (SSSR count). The van der Waals surface area contributed by atoms with Crippen molar-refractivity contribution in [3.63, 3.8) is 0 Å². The van der Waals surface area contributed by atoms with Gasteiger partial charge in [-0.25, -0.2) is 0 Å². The maximum absolute atomic E-state index is 9.40. The molecule has 2 aromatic rings. The minimum atomic E-state index is 0.0109. The summed E-state index contributed by atoms with van der Waals surface area (Å²) in [6, 6.07) is 15.6. The lowest BCUT2D eigenvalue weighted by Gasteiger charge is -2.11. The van der Waals surface area contributed by atoms with Crippen molar-refractivity contribution in [2.75, 3.05) is 0 Å². The first kappa shape index (κ1) is 9.43. The number of phenolic OH excluding ortho intramolecular Hbond substituents is 1. The van der Waals surface area contributed by atoms with E-state index in [-0.39, 0.29) is 6.10 Å². The van der Waals surface area contributed by atoms with Crippen LogP contribution in [-0.2, 0) is 11.3 Å². The SMILES string of the molecule is Oc1ccc2c(c1)COC2c1ccccc1. The van der Waals surface area contributed by atoms with Crippen molar-refractivity contribution in [3.8, 4) is 5.75 Å². The first-order valence-electron chi connectivity index (χ1n) is 5.33. The molecule has 0 spiro atoms. The zero-order valence-electron chi connectivity index (χ0n) is 8.76. The van der Waals surface area contributed by atoms with E-state index in [1.165, 1.54) is 0 Å². The van der Waals surface area contributed by atoms with E-state index in [0.29, 0.717) is 12.4 Å². The molecule has 0 saturated heterocycles. The third-order valence-corrected chi connectivity index (χ3v) is 2.92. The van der Waals surface area contributed by atoms with Crippen LogP contribution in [0.5, 0.6) is 5.75 Å². The molecule has 1 aliphatic heterocycles. The fourth-order valence-electron chi connectivity index (χ4n) is 2.14. The van der Waals surface area contributed by atoms with Crippen molar-refractivity contribution in [1.29, 1.82) is 0 Å². The summed E-state index contributed by atoms with van der Waals surface area (Å²) < 4.78 is 5.75. The Hall–Kier alpha value is -1.80. The van der Waals surface area contributed by atoms with E-state index in [2.05, 4.69) is 12.1 Å². The maximum atomic E-state index is 9.40. The summed E-state index contributed by atoms with van der Waals surface area (Å²) in [5.41, 5.74) is 3.39. The Kier molecular flexibility index (Phi) is 2.15. The molecule has 2 aromatic carbocycles. The van der Waals surface area contributed by atoms with Gasteiger partial charge in [0.1, 0.15) is 11.9 Å². The molecule has 2 heteroatoms. The zero-order chi connectivity index (χ0) is 11.0. The number of fused-ring (bicyclic) bond motifs is 1. The molecule has 16 heavy (non-hydrogen) atoms. The van der Waals surface area contributed by atoms with Crippen molar-refractivity contribution in [2.24, 2.45) is 0 Å². The summed E-state index contributed by atoms with van der Waals surface area (Å²) in [6.07, 6.45) is 0.0109. The van der Waals surface area contributed by atoms with Crippen LogP contribution in [0.4, 0.5) is 0 Å². The molecule has 2 nitrogen and oxygen atoms in total. The Balaban J connectivity index is 2.04. The number of phenols is 1. The van der Waals surface area contributed by atoms with Gasteiger partial charge in [0.25, 0.3) is 0 Å². The summed E-state index contributed by atoms with van der Waals surface area (Å²) in [5, 5.41) is 9.40. The molecule has 0 radical (unpaired) electrons. The van der Waals surface area contributed by atoms with Gasteiger partial charge in [-0.1, -0.05) is 36.4 Å². The van der Waals surface area contributed by atoms with Crippen LogP contribution in [0.25, 0.3) is 0 Å². The van der Waals surface area contributed by atoms with Crippen molar-refractivity contribution in [1.82, 2.24) is 0 Å². The predicted molar refractivity (Wildman–Crippen MR) is 61.2 cm³/mol. The lowest BCUT2D eigenvalue weighted by molar-refractivity contribution is 0.0939. The fraction of sp³-hybridized carbons (Fsp3) is 0.143. The van der Waals surface area contributed by atoms with Crippen LogP contribution in [0.2, 0.25) is 0 Å². The highest BCUT2D eigenvalue weighted by Crippen LogP contribution is 2.36. The summed E-state index contributed by atoms with van der Waals surface area (Å²) in [5.74, 6) is 0.302. The molecule has 80 valence electrons. The first-order valence-corrected chi connectivity index (χ1v) is 5.33. The molecule has 0 aromatic heterocycles. The predicted octanol–water partition coefficient (Wildman–Crippen LogP) is 3.01. The van der Waals surface area contributed by atoms with Crippen molar-refractivity contribution >= 4 is 0 Å². The Morgan fingerprint density at radius 2 is 1.88 bits per heavy atom. The Bertz CT molecular complexity index is 505. The Morgan fingerprint density at radius 3 is 2.69 bits per heavy atom. The highest BCUT2D eigenvalue weighted by atomic mass is 16.5. The third kappa shape index (κ3) is 1.48. The van der Waals surface area contributed by atoms with Crippen LogP contribution in [0, 0.1) is 0 Å². The highest BCUT2D eigenvalue weighted by molar-refractivity contribution is 5.42. The normalized spacial score (nSPS) is 18.4. The van der Waals surface area contributed by atoms with E-state index in [1.54, 1.807) is 12.1 Å². The molecule has 1 atom stereocenters. The zero-order valence-corrected chi connectivity index (χ0v) is 8.76. The summed E-state index contributed by atoms with van der Waals surface area (Å²) in [6.45, 7) is 0.573. The van der Waals surface area contributed by atoms with Gasteiger partial charge < -0.3 is 9.84 Å². The van der Waals surface area contributed by atoms with Gasteiger partial charge in [0, 0.05) is 0 Å². The standard InChI is InChI=1S/C14H12O2/c15-12-6-7-13-11(8-12)9-16-14(13)10-4-2-1-3-5-10/h1-8,14-15H,9H2. The van der Waals surface area contributed by atoms with Gasteiger partial charge in [0.05, 0.1) is 6.61 Å². The lowest BCUT2D eigenvalue weighted by atomic mass is 9.99. The molecule has 1 unspecified atom stereocenters. The Labute approximate surface area is 94.1 Å². The van der Waals surface area contributed by atoms with Gasteiger partial charge >= 0.3 is 0 Å². The maximum Gasteiger partial charge on any atom is 0.115 e. The Morgan fingerprint density at radius 1 is 1.06 bits per heavy atom. The topological polar surface area (TPSA) is 29.5 Å². The van der Waals surface area contributed by atoms with Crippen molar-refractivity contribution in [3.05, 3.63) is 65.2 Å². The van der Waals surface area contributed by atoms with Gasteiger partial charge in [0.2, 0.25) is 0 Å². The van der Waals surface area contributed by atoms with E-state index in [9.17, 15) is 5.11 Å². The molecule has 0 amide bonds. The molecular formula is C14H12O2. The van der Waals surface area contributed by atoms with E-state index in [4.69, 9.17) is 4.74 Å². The van der Waals surface area contributed by atoms with Crippen LogP contribution >= 0.6 is 0 Å². The molecule has 0 aliphatic carbocycles. The second-order valence-corrected chi connectivity index (χ2v) is 3.98. The number of rotatable bonds is 1. The van der Waals surface area contributed by atoms with E-state index in [1.807, 2.05) is 24.3 Å². The van der Waals surface area contributed by atoms with Gasteiger partial charge in [0.15, 0.2) is 0 Å². The second kappa shape index (κ2) is 3.65. The van der Waals surface area contributed by atoms with E-state index >= 15 is 0 Å². The number of hydrogen-bond acceptors (Lipinski definition) is 2.